The van der Waals surface area contributed by atoms with Gasteiger partial charge < -0.3 is 5.73 Å². The van der Waals surface area contributed by atoms with Gasteiger partial charge in [-0.15, -0.1) is 0 Å². The molecule has 2 nitrogen and oxygen atoms in total. The predicted molar refractivity (Wildman–Crippen MR) is 59.1 cm³/mol. The zero-order chi connectivity index (χ0) is 9.47. The molecule has 1 aliphatic carbocycles. The fraction of sp³-hybridized carbons (Fsp3) is 1.00. The van der Waals surface area contributed by atoms with Crippen molar-refractivity contribution in [3.8, 4) is 0 Å². The molecule has 0 bridgehead atoms. The Balaban J connectivity index is 1.89. The first-order chi connectivity index (χ1) is 6.11. The smallest absolute Gasteiger partial charge is 0.0284 e. The molecule has 2 N–H and O–H groups in total. The van der Waals surface area contributed by atoms with Crippen LogP contribution in [0.5, 0.6) is 0 Å². The van der Waals surface area contributed by atoms with Gasteiger partial charge in [-0.3, -0.25) is 4.90 Å². The number of nitrogens with two attached hydrogens (primary N) is 1. The zero-order valence-corrected chi connectivity index (χ0v) is 9.44. The zero-order valence-electron chi connectivity index (χ0n) is 8.62. The Hall–Kier alpha value is 0.270. The Morgan fingerprint density at radius 1 is 1.46 bits per heavy atom. The highest BCUT2D eigenvalue weighted by Crippen LogP contribution is 2.35. The van der Waals surface area contributed by atoms with Crippen molar-refractivity contribution in [3.05, 3.63) is 0 Å². The molecule has 13 heavy (non-hydrogen) atoms. The molecule has 76 valence electrons. The summed E-state index contributed by atoms with van der Waals surface area (Å²) in [6, 6.07) is 0.708. The van der Waals surface area contributed by atoms with Crippen LogP contribution in [-0.4, -0.2) is 40.6 Å². The maximum atomic E-state index is 6.14. The molecule has 2 unspecified atom stereocenters. The summed E-state index contributed by atoms with van der Waals surface area (Å²) in [7, 11) is 0. The van der Waals surface area contributed by atoms with Gasteiger partial charge in [0.1, 0.15) is 0 Å². The Morgan fingerprint density at radius 3 is 2.77 bits per heavy atom. The van der Waals surface area contributed by atoms with Gasteiger partial charge in [0, 0.05) is 35.7 Å². The fourth-order valence-corrected chi connectivity index (χ4v) is 3.10. The van der Waals surface area contributed by atoms with E-state index in [1.54, 1.807) is 0 Å². The van der Waals surface area contributed by atoms with Crippen molar-refractivity contribution in [1.29, 1.82) is 0 Å². The Kier molecular flexibility index (Phi) is 2.60. The Morgan fingerprint density at radius 2 is 2.15 bits per heavy atom. The van der Waals surface area contributed by atoms with Crippen molar-refractivity contribution in [2.24, 2.45) is 5.73 Å². The van der Waals surface area contributed by atoms with Gasteiger partial charge in [-0.25, -0.2) is 0 Å². The molecule has 0 amide bonds. The lowest BCUT2D eigenvalue weighted by molar-refractivity contribution is 0.195. The number of rotatable bonds is 2. The quantitative estimate of drug-likeness (QED) is 0.728. The molecule has 3 heteroatoms. The van der Waals surface area contributed by atoms with Crippen LogP contribution in [0.1, 0.15) is 26.7 Å². The van der Waals surface area contributed by atoms with E-state index in [9.17, 15) is 0 Å². The maximum absolute atomic E-state index is 6.14. The molecule has 0 aromatic rings. The second-order valence-electron chi connectivity index (χ2n) is 4.65. The Bertz CT molecular complexity index is 191. The van der Waals surface area contributed by atoms with Crippen LogP contribution < -0.4 is 5.73 Å². The average molecular weight is 200 g/mol. The van der Waals surface area contributed by atoms with Crippen LogP contribution in [0.3, 0.4) is 0 Å². The van der Waals surface area contributed by atoms with Crippen LogP contribution in [-0.2, 0) is 0 Å². The summed E-state index contributed by atoms with van der Waals surface area (Å²) in [5.41, 5.74) is 6.33. The molecule has 0 aromatic carbocycles. The van der Waals surface area contributed by atoms with E-state index in [4.69, 9.17) is 5.73 Å². The van der Waals surface area contributed by atoms with E-state index in [0.29, 0.717) is 6.04 Å². The third kappa shape index (κ3) is 2.20. The first kappa shape index (κ1) is 9.81. The van der Waals surface area contributed by atoms with Crippen LogP contribution in [0.2, 0.25) is 0 Å². The van der Waals surface area contributed by atoms with Gasteiger partial charge in [-0.2, -0.15) is 11.8 Å². The van der Waals surface area contributed by atoms with Gasteiger partial charge in [0.15, 0.2) is 0 Å². The highest BCUT2D eigenvalue weighted by atomic mass is 32.2. The topological polar surface area (TPSA) is 29.3 Å². The summed E-state index contributed by atoms with van der Waals surface area (Å²) in [6.07, 6.45) is 2.47. The van der Waals surface area contributed by atoms with Gasteiger partial charge >= 0.3 is 0 Å². The predicted octanol–water partition coefficient (Wildman–Crippen LogP) is 1.30. The molecule has 1 heterocycles. The van der Waals surface area contributed by atoms with Gasteiger partial charge in [-0.1, -0.05) is 6.92 Å². The van der Waals surface area contributed by atoms with E-state index in [2.05, 4.69) is 30.5 Å². The number of hydrogen-bond acceptors (Lipinski definition) is 3. The minimum absolute atomic E-state index is 0.190. The summed E-state index contributed by atoms with van der Waals surface area (Å²) >= 11 is 2.09. The van der Waals surface area contributed by atoms with E-state index < -0.39 is 0 Å². The lowest BCUT2D eigenvalue weighted by Crippen LogP contribution is -2.50. The van der Waals surface area contributed by atoms with Crippen LogP contribution in [0.25, 0.3) is 0 Å². The fourth-order valence-electron chi connectivity index (χ4n) is 1.94. The molecule has 0 aromatic heterocycles. The lowest BCUT2D eigenvalue weighted by atomic mass is 10.1. The molecular weight excluding hydrogens is 180 g/mol. The maximum Gasteiger partial charge on any atom is 0.0284 e. The van der Waals surface area contributed by atoms with Crippen molar-refractivity contribution in [1.82, 2.24) is 4.90 Å². The average Bonchev–Trinajstić information content (AvgIpc) is 2.78. The SMILES string of the molecule is CC1SCCN(CC2(N)CC2)C1C. The normalized spacial score (nSPS) is 39.0. The van der Waals surface area contributed by atoms with E-state index in [0.717, 1.165) is 11.8 Å². The lowest BCUT2D eigenvalue weighted by Gasteiger charge is -2.38. The summed E-state index contributed by atoms with van der Waals surface area (Å²) in [6.45, 7) is 7.02. The number of nitrogens with zero attached hydrogens (tertiary/aromatic N) is 1. The third-order valence-corrected chi connectivity index (χ3v) is 4.76. The van der Waals surface area contributed by atoms with Gasteiger partial charge in [0.2, 0.25) is 0 Å². The van der Waals surface area contributed by atoms with Crippen molar-refractivity contribution in [2.45, 2.75) is 43.5 Å². The van der Waals surface area contributed by atoms with E-state index in [1.165, 1.54) is 25.1 Å². The molecule has 2 fully saturated rings. The van der Waals surface area contributed by atoms with Crippen LogP contribution in [0.15, 0.2) is 0 Å². The van der Waals surface area contributed by atoms with Crippen molar-refractivity contribution < 1.29 is 0 Å². The highest BCUT2D eigenvalue weighted by Gasteiger charge is 2.41. The molecular formula is C10H20N2S. The van der Waals surface area contributed by atoms with Gasteiger partial charge in [0.25, 0.3) is 0 Å². The van der Waals surface area contributed by atoms with Crippen molar-refractivity contribution in [2.75, 3.05) is 18.8 Å². The van der Waals surface area contributed by atoms with Crippen LogP contribution in [0, 0.1) is 0 Å². The molecule has 1 saturated heterocycles. The molecule has 1 saturated carbocycles. The molecule has 0 radical (unpaired) electrons. The third-order valence-electron chi connectivity index (χ3n) is 3.42. The molecule has 1 aliphatic heterocycles. The first-order valence-electron chi connectivity index (χ1n) is 5.25. The monoisotopic (exact) mass is 200 g/mol. The highest BCUT2D eigenvalue weighted by molar-refractivity contribution is 8.00. The van der Waals surface area contributed by atoms with Crippen molar-refractivity contribution >= 4 is 11.8 Å². The number of thioether (sulfide) groups is 1. The van der Waals surface area contributed by atoms with Crippen LogP contribution in [0.4, 0.5) is 0 Å². The minimum atomic E-state index is 0.190. The number of hydrogen-bond donors (Lipinski definition) is 1. The Labute approximate surface area is 85.2 Å². The van der Waals surface area contributed by atoms with Crippen molar-refractivity contribution in [3.63, 3.8) is 0 Å². The molecule has 2 rings (SSSR count). The molecule has 2 atom stereocenters. The van der Waals surface area contributed by atoms with E-state index >= 15 is 0 Å². The van der Waals surface area contributed by atoms with E-state index in [-0.39, 0.29) is 5.54 Å². The van der Waals surface area contributed by atoms with Gasteiger partial charge in [0.05, 0.1) is 0 Å². The summed E-state index contributed by atoms with van der Waals surface area (Å²) in [5.74, 6) is 1.28. The second kappa shape index (κ2) is 3.44. The second-order valence-corrected chi connectivity index (χ2v) is 6.13. The molecule has 0 spiro atoms. The first-order valence-corrected chi connectivity index (χ1v) is 6.30. The largest absolute Gasteiger partial charge is 0.324 e. The van der Waals surface area contributed by atoms with Gasteiger partial charge in [-0.05, 0) is 19.8 Å². The molecule has 2 aliphatic rings. The van der Waals surface area contributed by atoms with E-state index in [1.807, 2.05) is 0 Å². The summed E-state index contributed by atoms with van der Waals surface area (Å²) in [4.78, 5) is 2.58. The minimum Gasteiger partial charge on any atom is -0.324 e. The summed E-state index contributed by atoms with van der Waals surface area (Å²) < 4.78 is 0. The summed E-state index contributed by atoms with van der Waals surface area (Å²) in [5, 5.41) is 0.774. The standard InChI is InChI=1S/C10H20N2S/c1-8-9(2)13-6-5-12(8)7-10(11)3-4-10/h8-9H,3-7,11H2,1-2H3. The van der Waals surface area contributed by atoms with Crippen LogP contribution >= 0.6 is 11.8 Å².